The molecule has 37 heavy (non-hydrogen) atoms. The second-order valence-electron chi connectivity index (χ2n) is 11.7. The van der Waals surface area contributed by atoms with Gasteiger partial charge in [-0.25, -0.2) is 0 Å². The lowest BCUT2D eigenvalue weighted by Gasteiger charge is -2.25. The lowest BCUT2D eigenvalue weighted by atomic mass is 9.82. The van der Waals surface area contributed by atoms with Gasteiger partial charge in [0.25, 0.3) is 0 Å². The van der Waals surface area contributed by atoms with E-state index in [2.05, 4.69) is 107 Å². The van der Waals surface area contributed by atoms with E-state index in [1.807, 2.05) is 0 Å². The Balaban J connectivity index is 1.47. The molecular formula is C35H46O2. The third-order valence-electron chi connectivity index (χ3n) is 7.89. The molecule has 0 spiro atoms. The zero-order valence-corrected chi connectivity index (χ0v) is 23.4. The average Bonchev–Trinajstić information content (AvgIpc) is 2.93. The molecule has 1 aliphatic rings. The molecule has 2 nitrogen and oxygen atoms in total. The molecule has 2 atom stereocenters. The van der Waals surface area contributed by atoms with E-state index in [-0.39, 0.29) is 0 Å². The van der Waals surface area contributed by atoms with Crippen molar-refractivity contribution >= 4 is 0 Å². The Hall–Kier alpha value is -2.58. The maximum absolute atomic E-state index is 6.49. The van der Waals surface area contributed by atoms with Crippen LogP contribution in [0.25, 0.3) is 11.1 Å². The van der Waals surface area contributed by atoms with Gasteiger partial charge in [-0.1, -0.05) is 127 Å². The summed E-state index contributed by atoms with van der Waals surface area (Å²) in [6.07, 6.45) is 8.73. The quantitative estimate of drug-likeness (QED) is 0.231. The van der Waals surface area contributed by atoms with Crippen molar-refractivity contribution in [2.75, 3.05) is 6.61 Å². The van der Waals surface area contributed by atoms with Crippen LogP contribution in [0.5, 0.6) is 5.75 Å². The minimum atomic E-state index is -0.407. The van der Waals surface area contributed by atoms with Gasteiger partial charge in [0.1, 0.15) is 5.75 Å². The summed E-state index contributed by atoms with van der Waals surface area (Å²) in [5.74, 6) is 3.54. The molecule has 198 valence electrons. The minimum Gasteiger partial charge on any atom is -0.461 e. The van der Waals surface area contributed by atoms with Crippen molar-refractivity contribution < 1.29 is 9.47 Å². The van der Waals surface area contributed by atoms with Crippen molar-refractivity contribution in [3.63, 3.8) is 0 Å². The second kappa shape index (κ2) is 13.8. The van der Waals surface area contributed by atoms with Crippen LogP contribution in [0.2, 0.25) is 0 Å². The van der Waals surface area contributed by atoms with Gasteiger partial charge in [-0.3, -0.25) is 0 Å². The molecule has 0 amide bonds. The van der Waals surface area contributed by atoms with Gasteiger partial charge in [-0.15, -0.1) is 0 Å². The number of hydrogen-bond donors (Lipinski definition) is 0. The fraction of sp³-hybridized carbons (Fsp3) is 0.486. The Morgan fingerprint density at radius 2 is 1.32 bits per heavy atom. The summed E-state index contributed by atoms with van der Waals surface area (Å²) in [6, 6.07) is 27.9. The highest BCUT2D eigenvalue weighted by Gasteiger charge is 2.20. The first-order chi connectivity index (χ1) is 18.0. The third-order valence-corrected chi connectivity index (χ3v) is 7.89. The Kier molecular flexibility index (Phi) is 10.3. The van der Waals surface area contributed by atoms with Gasteiger partial charge < -0.3 is 9.47 Å². The largest absolute Gasteiger partial charge is 0.461 e. The van der Waals surface area contributed by atoms with E-state index in [0.29, 0.717) is 17.8 Å². The van der Waals surface area contributed by atoms with Crippen molar-refractivity contribution in [2.24, 2.45) is 17.8 Å². The monoisotopic (exact) mass is 498 g/mol. The molecule has 0 heterocycles. The zero-order valence-electron chi connectivity index (χ0n) is 23.4. The van der Waals surface area contributed by atoms with E-state index in [1.165, 1.54) is 55.2 Å². The molecule has 0 aromatic heterocycles. The second-order valence-corrected chi connectivity index (χ2v) is 11.7. The maximum atomic E-state index is 6.49. The van der Waals surface area contributed by atoms with E-state index in [9.17, 15) is 0 Å². The summed E-state index contributed by atoms with van der Waals surface area (Å²) in [5.41, 5.74) is 4.89. The van der Waals surface area contributed by atoms with Gasteiger partial charge in [0.15, 0.2) is 0 Å². The van der Waals surface area contributed by atoms with Crippen LogP contribution in [-0.2, 0) is 4.74 Å². The predicted octanol–water partition coefficient (Wildman–Crippen LogP) is 10.2. The standard InChI is InChI=1S/C35H46O2/c1-26(2)25-34(27(3)4)31-19-21-33(22-20-31)37-35(36-24-23-28-11-7-5-8-12-28)32-17-15-30(16-18-32)29-13-9-6-10-14-29/h6,9-10,13-22,26-28,34-35H,5,7-8,11-12,23-25H2,1-4H3. The van der Waals surface area contributed by atoms with Crippen LogP contribution in [0.1, 0.15) is 96.0 Å². The molecule has 2 unspecified atom stereocenters. The van der Waals surface area contributed by atoms with Crippen molar-refractivity contribution in [3.05, 3.63) is 90.0 Å². The highest BCUT2D eigenvalue weighted by molar-refractivity contribution is 5.63. The summed E-state index contributed by atoms with van der Waals surface area (Å²) in [5, 5.41) is 0. The average molecular weight is 499 g/mol. The topological polar surface area (TPSA) is 18.5 Å². The van der Waals surface area contributed by atoms with Crippen LogP contribution < -0.4 is 4.74 Å². The van der Waals surface area contributed by atoms with E-state index in [4.69, 9.17) is 9.47 Å². The first kappa shape index (κ1) is 27.5. The van der Waals surface area contributed by atoms with Crippen molar-refractivity contribution in [2.45, 2.75) is 84.8 Å². The van der Waals surface area contributed by atoms with Crippen LogP contribution in [-0.4, -0.2) is 6.61 Å². The van der Waals surface area contributed by atoms with E-state index >= 15 is 0 Å². The number of hydrogen-bond acceptors (Lipinski definition) is 2. The lowest BCUT2D eigenvalue weighted by molar-refractivity contribution is -0.0878. The smallest absolute Gasteiger partial charge is 0.226 e. The first-order valence-electron chi connectivity index (χ1n) is 14.5. The number of benzene rings is 3. The Bertz CT molecular complexity index is 1030. The molecule has 4 rings (SSSR count). The first-order valence-corrected chi connectivity index (χ1v) is 14.5. The summed E-state index contributed by atoms with van der Waals surface area (Å²) in [6.45, 7) is 10.0. The van der Waals surface area contributed by atoms with Gasteiger partial charge in [-0.05, 0) is 65.3 Å². The van der Waals surface area contributed by atoms with E-state index < -0.39 is 6.29 Å². The summed E-state index contributed by atoms with van der Waals surface area (Å²) >= 11 is 0. The molecule has 0 radical (unpaired) electrons. The van der Waals surface area contributed by atoms with Crippen LogP contribution in [0.4, 0.5) is 0 Å². The summed E-state index contributed by atoms with van der Waals surface area (Å²) in [4.78, 5) is 0. The van der Waals surface area contributed by atoms with Gasteiger partial charge in [-0.2, -0.15) is 0 Å². The normalized spacial score (nSPS) is 16.2. The fourth-order valence-electron chi connectivity index (χ4n) is 5.70. The van der Waals surface area contributed by atoms with E-state index in [1.54, 1.807) is 0 Å². The Morgan fingerprint density at radius 1 is 0.703 bits per heavy atom. The van der Waals surface area contributed by atoms with E-state index in [0.717, 1.165) is 30.3 Å². The predicted molar refractivity (Wildman–Crippen MR) is 156 cm³/mol. The minimum absolute atomic E-state index is 0.407. The maximum Gasteiger partial charge on any atom is 0.226 e. The molecular weight excluding hydrogens is 452 g/mol. The van der Waals surface area contributed by atoms with Crippen LogP contribution >= 0.6 is 0 Å². The summed E-state index contributed by atoms with van der Waals surface area (Å²) < 4.78 is 12.9. The van der Waals surface area contributed by atoms with Crippen LogP contribution in [0.3, 0.4) is 0 Å². The van der Waals surface area contributed by atoms with Gasteiger partial charge in [0.2, 0.25) is 6.29 Å². The number of rotatable bonds is 12. The summed E-state index contributed by atoms with van der Waals surface area (Å²) in [7, 11) is 0. The molecule has 1 fully saturated rings. The SMILES string of the molecule is CC(C)CC(c1ccc(OC(OCCC2CCCCC2)c2ccc(-c3ccccc3)cc2)cc1)C(C)C. The lowest BCUT2D eigenvalue weighted by Crippen LogP contribution is -2.16. The van der Waals surface area contributed by atoms with Crippen molar-refractivity contribution in [1.29, 1.82) is 0 Å². The van der Waals surface area contributed by atoms with Crippen molar-refractivity contribution in [1.82, 2.24) is 0 Å². The molecule has 3 aromatic carbocycles. The molecule has 1 saturated carbocycles. The molecule has 2 heteroatoms. The zero-order chi connectivity index (χ0) is 26.0. The van der Waals surface area contributed by atoms with Gasteiger partial charge in [0, 0.05) is 5.56 Å². The molecule has 0 bridgehead atoms. The highest BCUT2D eigenvalue weighted by Crippen LogP contribution is 2.34. The van der Waals surface area contributed by atoms with Crippen LogP contribution in [0.15, 0.2) is 78.9 Å². The Labute approximate surface area is 225 Å². The molecule has 1 aliphatic carbocycles. The molecule has 0 aliphatic heterocycles. The van der Waals surface area contributed by atoms with Crippen LogP contribution in [0, 0.1) is 17.8 Å². The fourth-order valence-corrected chi connectivity index (χ4v) is 5.70. The molecule has 0 saturated heterocycles. The molecule has 0 N–H and O–H groups in total. The third kappa shape index (κ3) is 8.20. The van der Waals surface area contributed by atoms with Gasteiger partial charge in [0.05, 0.1) is 6.61 Å². The number of ether oxygens (including phenoxy) is 2. The van der Waals surface area contributed by atoms with Crippen molar-refractivity contribution in [3.8, 4) is 16.9 Å². The highest BCUT2D eigenvalue weighted by atomic mass is 16.7. The molecule has 3 aromatic rings. The Morgan fingerprint density at radius 3 is 1.95 bits per heavy atom. The van der Waals surface area contributed by atoms with Gasteiger partial charge >= 0.3 is 0 Å².